The molecule has 0 spiro atoms. The number of ether oxygens (including phenoxy) is 1. The number of benzene rings is 1. The molecule has 4 N–H and O–H groups in total. The number of nitrogens with two attached hydrogens (primary N) is 2. The van der Waals surface area contributed by atoms with Crippen molar-refractivity contribution in [1.82, 2.24) is 0 Å². The fourth-order valence-corrected chi connectivity index (χ4v) is 1.08. The maximum absolute atomic E-state index is 5.56. The molecular formula is C8H9N3O. The summed E-state index contributed by atoms with van der Waals surface area (Å²) in [5.41, 5.74) is 12.4. The van der Waals surface area contributed by atoms with E-state index in [0.717, 1.165) is 5.75 Å². The zero-order valence-electron chi connectivity index (χ0n) is 6.45. The van der Waals surface area contributed by atoms with E-state index < -0.39 is 0 Å². The van der Waals surface area contributed by atoms with Gasteiger partial charge < -0.3 is 16.2 Å². The van der Waals surface area contributed by atoms with Crippen LogP contribution >= 0.6 is 0 Å². The van der Waals surface area contributed by atoms with E-state index in [4.69, 9.17) is 16.2 Å². The Kier molecular flexibility index (Phi) is 1.40. The highest BCUT2D eigenvalue weighted by Crippen LogP contribution is 2.31. The van der Waals surface area contributed by atoms with Crippen LogP contribution in [-0.2, 0) is 0 Å². The van der Waals surface area contributed by atoms with Crippen molar-refractivity contribution in [3.63, 3.8) is 0 Å². The third-order valence-corrected chi connectivity index (χ3v) is 1.62. The van der Waals surface area contributed by atoms with E-state index in [2.05, 4.69) is 4.99 Å². The molecule has 0 aromatic heterocycles. The number of hydrogen-bond donors (Lipinski definition) is 2. The summed E-state index contributed by atoms with van der Waals surface area (Å²) in [6, 6.07) is 5.30. The molecule has 0 fully saturated rings. The molecule has 1 aliphatic rings. The van der Waals surface area contributed by atoms with Gasteiger partial charge in [-0.1, -0.05) is 0 Å². The Balaban J connectivity index is 2.53. The van der Waals surface area contributed by atoms with Gasteiger partial charge in [0.05, 0.1) is 0 Å². The molecule has 0 unspecified atom stereocenters. The largest absolute Gasteiger partial charge is 0.483 e. The van der Waals surface area contributed by atoms with Crippen molar-refractivity contribution in [2.75, 3.05) is 12.3 Å². The molecule has 62 valence electrons. The first-order valence-electron chi connectivity index (χ1n) is 3.61. The lowest BCUT2D eigenvalue weighted by Gasteiger charge is -2.14. The molecule has 0 radical (unpaired) electrons. The Bertz CT molecular complexity index is 346. The summed E-state index contributed by atoms with van der Waals surface area (Å²) in [6.45, 7) is 0.358. The molecule has 1 aromatic rings. The third kappa shape index (κ3) is 1.07. The molecule has 0 aliphatic carbocycles. The van der Waals surface area contributed by atoms with E-state index in [1.54, 1.807) is 18.2 Å². The van der Waals surface area contributed by atoms with Crippen molar-refractivity contribution in [1.29, 1.82) is 0 Å². The number of nitrogens with zero attached hydrogens (tertiary/aromatic N) is 1. The minimum Gasteiger partial charge on any atom is -0.483 e. The highest BCUT2D eigenvalue weighted by atomic mass is 16.5. The summed E-state index contributed by atoms with van der Waals surface area (Å²) in [5, 5.41) is 0. The molecule has 4 heteroatoms. The smallest absolute Gasteiger partial charge is 0.145 e. The Labute approximate surface area is 69.8 Å². The number of anilines is 1. The van der Waals surface area contributed by atoms with Gasteiger partial charge in [0.25, 0.3) is 0 Å². The second-order valence-electron chi connectivity index (χ2n) is 2.62. The standard InChI is InChI=1S/C8H9N3O/c9-5-1-2-7-6(3-5)11-8(10)4-12-7/h1-3H,4,9H2,(H2,10,11). The van der Waals surface area contributed by atoms with Crippen LogP contribution in [0, 0.1) is 0 Å². The van der Waals surface area contributed by atoms with Gasteiger partial charge in [0.2, 0.25) is 0 Å². The van der Waals surface area contributed by atoms with Crippen molar-refractivity contribution in [2.24, 2.45) is 10.7 Å². The van der Waals surface area contributed by atoms with Crippen LogP contribution in [0.1, 0.15) is 0 Å². The second-order valence-corrected chi connectivity index (χ2v) is 2.62. The lowest BCUT2D eigenvalue weighted by molar-refractivity contribution is 0.371. The summed E-state index contributed by atoms with van der Waals surface area (Å²) in [4.78, 5) is 4.10. The van der Waals surface area contributed by atoms with Crippen LogP contribution in [0.5, 0.6) is 5.75 Å². The SMILES string of the molecule is NC1=Nc2cc(N)ccc2OC1. The molecule has 2 rings (SSSR count). The van der Waals surface area contributed by atoms with Gasteiger partial charge in [-0.25, -0.2) is 4.99 Å². The van der Waals surface area contributed by atoms with Crippen LogP contribution < -0.4 is 16.2 Å². The Morgan fingerprint density at radius 1 is 1.33 bits per heavy atom. The molecule has 0 amide bonds. The minimum atomic E-state index is 0.358. The maximum atomic E-state index is 5.56. The molecule has 1 heterocycles. The first-order valence-corrected chi connectivity index (χ1v) is 3.61. The zero-order valence-corrected chi connectivity index (χ0v) is 6.45. The van der Waals surface area contributed by atoms with E-state index in [0.29, 0.717) is 23.8 Å². The monoisotopic (exact) mass is 163 g/mol. The molecule has 0 bridgehead atoms. The summed E-state index contributed by atoms with van der Waals surface area (Å²) in [7, 11) is 0. The Morgan fingerprint density at radius 3 is 3.00 bits per heavy atom. The number of hydrogen-bond acceptors (Lipinski definition) is 4. The normalized spacial score (nSPS) is 14.5. The average Bonchev–Trinajstić information content (AvgIpc) is 2.03. The minimum absolute atomic E-state index is 0.358. The quantitative estimate of drug-likeness (QED) is 0.551. The van der Waals surface area contributed by atoms with Gasteiger partial charge in [-0.2, -0.15) is 0 Å². The van der Waals surface area contributed by atoms with Crippen molar-refractivity contribution in [2.45, 2.75) is 0 Å². The van der Waals surface area contributed by atoms with Gasteiger partial charge in [0, 0.05) is 5.69 Å². The highest BCUT2D eigenvalue weighted by Gasteiger charge is 2.09. The van der Waals surface area contributed by atoms with Gasteiger partial charge in [-0.3, -0.25) is 0 Å². The Morgan fingerprint density at radius 2 is 2.17 bits per heavy atom. The van der Waals surface area contributed by atoms with Crippen molar-refractivity contribution < 1.29 is 4.74 Å². The van der Waals surface area contributed by atoms with Gasteiger partial charge in [-0.05, 0) is 18.2 Å². The maximum Gasteiger partial charge on any atom is 0.145 e. The molecule has 0 saturated heterocycles. The van der Waals surface area contributed by atoms with E-state index in [-0.39, 0.29) is 0 Å². The van der Waals surface area contributed by atoms with Crippen LogP contribution in [0.15, 0.2) is 23.2 Å². The van der Waals surface area contributed by atoms with Crippen molar-refractivity contribution >= 4 is 17.2 Å². The third-order valence-electron chi connectivity index (χ3n) is 1.62. The van der Waals surface area contributed by atoms with Crippen LogP contribution in [0.4, 0.5) is 11.4 Å². The van der Waals surface area contributed by atoms with Crippen molar-refractivity contribution in [3.05, 3.63) is 18.2 Å². The molecule has 1 aliphatic heterocycles. The fraction of sp³-hybridized carbons (Fsp3) is 0.125. The van der Waals surface area contributed by atoms with E-state index >= 15 is 0 Å². The van der Waals surface area contributed by atoms with Gasteiger partial charge in [0.1, 0.15) is 23.9 Å². The lowest BCUT2D eigenvalue weighted by atomic mass is 10.2. The first-order chi connectivity index (χ1) is 5.75. The number of amidine groups is 1. The zero-order chi connectivity index (χ0) is 8.55. The van der Waals surface area contributed by atoms with Crippen LogP contribution in [0.25, 0.3) is 0 Å². The summed E-state index contributed by atoms with van der Waals surface area (Å²) >= 11 is 0. The topological polar surface area (TPSA) is 73.6 Å². The number of aliphatic imine (C=N–C) groups is 1. The molecule has 0 saturated carbocycles. The second kappa shape index (κ2) is 2.41. The molecule has 12 heavy (non-hydrogen) atoms. The van der Waals surface area contributed by atoms with E-state index in [1.165, 1.54) is 0 Å². The lowest BCUT2D eigenvalue weighted by Crippen LogP contribution is -2.23. The van der Waals surface area contributed by atoms with Crippen LogP contribution in [0.3, 0.4) is 0 Å². The number of rotatable bonds is 0. The molecule has 4 nitrogen and oxygen atoms in total. The predicted molar refractivity (Wildman–Crippen MR) is 47.6 cm³/mol. The van der Waals surface area contributed by atoms with E-state index in [1.807, 2.05) is 0 Å². The highest BCUT2D eigenvalue weighted by molar-refractivity contribution is 5.87. The van der Waals surface area contributed by atoms with Crippen molar-refractivity contribution in [3.8, 4) is 5.75 Å². The average molecular weight is 163 g/mol. The summed E-state index contributed by atoms with van der Waals surface area (Å²) in [5.74, 6) is 1.21. The van der Waals surface area contributed by atoms with E-state index in [9.17, 15) is 0 Å². The van der Waals surface area contributed by atoms with Gasteiger partial charge >= 0.3 is 0 Å². The van der Waals surface area contributed by atoms with Gasteiger partial charge in [0.15, 0.2) is 0 Å². The summed E-state index contributed by atoms with van der Waals surface area (Å²) < 4.78 is 5.28. The Hall–Kier alpha value is -1.71. The predicted octanol–water partition coefficient (Wildman–Crippen LogP) is 0.650. The number of fused-ring (bicyclic) bond motifs is 1. The van der Waals surface area contributed by atoms with Gasteiger partial charge in [-0.15, -0.1) is 0 Å². The number of nitrogen functional groups attached to an aromatic ring is 1. The molecular weight excluding hydrogens is 154 g/mol. The van der Waals surface area contributed by atoms with Crippen LogP contribution in [-0.4, -0.2) is 12.4 Å². The van der Waals surface area contributed by atoms with Crippen LogP contribution in [0.2, 0.25) is 0 Å². The first kappa shape index (κ1) is 6.97. The summed E-state index contributed by atoms with van der Waals surface area (Å²) in [6.07, 6.45) is 0. The molecule has 0 atom stereocenters. The molecule has 1 aromatic carbocycles. The fourth-order valence-electron chi connectivity index (χ4n) is 1.08.